The quantitative estimate of drug-likeness (QED) is 0.629. The molecule has 0 aromatic rings. The summed E-state index contributed by atoms with van der Waals surface area (Å²) in [6.07, 6.45) is 3.57. The molecular formula is C13H27NO3. The normalized spacial score (nSPS) is 24.7. The predicted octanol–water partition coefficient (Wildman–Crippen LogP) is 1.78. The molecule has 0 spiro atoms. The molecule has 0 aliphatic heterocycles. The molecule has 1 saturated carbocycles. The first-order valence-corrected chi connectivity index (χ1v) is 6.82. The Bertz CT molecular complexity index is 184. The van der Waals surface area contributed by atoms with Crippen molar-refractivity contribution in [2.45, 2.75) is 39.4 Å². The zero-order valence-electron chi connectivity index (χ0n) is 11.2. The Morgan fingerprint density at radius 3 is 2.35 bits per heavy atom. The molecule has 2 atom stereocenters. The minimum absolute atomic E-state index is 0.220. The Kier molecular flexibility index (Phi) is 7.77. The fourth-order valence-corrected chi connectivity index (χ4v) is 2.48. The third-order valence-corrected chi connectivity index (χ3v) is 3.41. The van der Waals surface area contributed by atoms with Crippen LogP contribution in [-0.4, -0.2) is 39.3 Å². The molecule has 0 aromatic carbocycles. The van der Waals surface area contributed by atoms with Crippen molar-refractivity contribution in [3.05, 3.63) is 0 Å². The van der Waals surface area contributed by atoms with Crippen LogP contribution in [0.1, 0.15) is 33.1 Å². The van der Waals surface area contributed by atoms with Crippen LogP contribution >= 0.6 is 0 Å². The van der Waals surface area contributed by atoms with Crippen molar-refractivity contribution in [3.63, 3.8) is 0 Å². The zero-order chi connectivity index (χ0) is 12.5. The van der Waals surface area contributed by atoms with E-state index in [1.165, 1.54) is 19.3 Å². The summed E-state index contributed by atoms with van der Waals surface area (Å²) < 4.78 is 16.6. The van der Waals surface area contributed by atoms with E-state index in [1.807, 2.05) is 13.8 Å². The van der Waals surface area contributed by atoms with Crippen molar-refractivity contribution in [1.82, 2.24) is 0 Å². The molecule has 0 aromatic heterocycles. The molecule has 2 unspecified atom stereocenters. The summed E-state index contributed by atoms with van der Waals surface area (Å²) in [6, 6.07) is 0. The van der Waals surface area contributed by atoms with E-state index in [0.29, 0.717) is 31.7 Å². The number of rotatable bonds is 9. The van der Waals surface area contributed by atoms with Gasteiger partial charge in [-0.3, -0.25) is 0 Å². The molecule has 0 amide bonds. The van der Waals surface area contributed by atoms with E-state index in [9.17, 15) is 0 Å². The van der Waals surface area contributed by atoms with Gasteiger partial charge in [0.25, 0.3) is 0 Å². The summed E-state index contributed by atoms with van der Waals surface area (Å²) in [5.41, 5.74) is 5.75. The fraction of sp³-hybridized carbons (Fsp3) is 1.00. The van der Waals surface area contributed by atoms with Crippen LogP contribution in [-0.2, 0) is 14.2 Å². The fourth-order valence-electron chi connectivity index (χ4n) is 2.48. The summed E-state index contributed by atoms with van der Waals surface area (Å²) in [5, 5.41) is 0. The average Bonchev–Trinajstić information content (AvgIpc) is 2.77. The second-order valence-electron chi connectivity index (χ2n) is 4.56. The van der Waals surface area contributed by atoms with Crippen LogP contribution in [0.25, 0.3) is 0 Å². The van der Waals surface area contributed by atoms with Gasteiger partial charge in [0, 0.05) is 19.8 Å². The highest BCUT2D eigenvalue weighted by atomic mass is 16.7. The summed E-state index contributed by atoms with van der Waals surface area (Å²) >= 11 is 0. The summed E-state index contributed by atoms with van der Waals surface area (Å²) in [7, 11) is 0. The lowest BCUT2D eigenvalue weighted by Crippen LogP contribution is -2.27. The Balaban J connectivity index is 2.16. The van der Waals surface area contributed by atoms with Crippen LogP contribution < -0.4 is 5.73 Å². The number of ether oxygens (including phenoxy) is 3. The standard InChI is InChI=1S/C13H27NO3/c1-3-16-13(17-4-2)10-15-9-12-7-5-6-11(12)8-14/h11-13H,3-10,14H2,1-2H3. The van der Waals surface area contributed by atoms with Gasteiger partial charge in [0.15, 0.2) is 6.29 Å². The summed E-state index contributed by atoms with van der Waals surface area (Å²) in [6.45, 7) is 7.34. The molecule has 0 bridgehead atoms. The smallest absolute Gasteiger partial charge is 0.180 e. The lowest BCUT2D eigenvalue weighted by molar-refractivity contribution is -0.169. The Morgan fingerprint density at radius 2 is 1.76 bits per heavy atom. The summed E-state index contributed by atoms with van der Waals surface area (Å²) in [5.74, 6) is 1.27. The lowest BCUT2D eigenvalue weighted by atomic mass is 9.97. The maximum absolute atomic E-state index is 5.75. The van der Waals surface area contributed by atoms with Gasteiger partial charge in [-0.2, -0.15) is 0 Å². The van der Waals surface area contributed by atoms with Crippen molar-refractivity contribution in [1.29, 1.82) is 0 Å². The highest BCUT2D eigenvalue weighted by Crippen LogP contribution is 2.30. The first kappa shape index (κ1) is 14.9. The predicted molar refractivity (Wildman–Crippen MR) is 67.7 cm³/mol. The molecule has 1 aliphatic rings. The van der Waals surface area contributed by atoms with Crippen molar-refractivity contribution in [2.75, 3.05) is 33.0 Å². The van der Waals surface area contributed by atoms with Gasteiger partial charge in [-0.05, 0) is 45.1 Å². The second-order valence-corrected chi connectivity index (χ2v) is 4.56. The average molecular weight is 245 g/mol. The maximum Gasteiger partial charge on any atom is 0.180 e. The molecule has 0 radical (unpaired) electrons. The van der Waals surface area contributed by atoms with Crippen molar-refractivity contribution in [3.8, 4) is 0 Å². The molecule has 0 heterocycles. The van der Waals surface area contributed by atoms with Crippen molar-refractivity contribution >= 4 is 0 Å². The molecule has 17 heavy (non-hydrogen) atoms. The molecule has 1 rings (SSSR count). The third-order valence-electron chi connectivity index (χ3n) is 3.41. The van der Waals surface area contributed by atoms with E-state index in [1.54, 1.807) is 0 Å². The highest BCUT2D eigenvalue weighted by Gasteiger charge is 2.26. The van der Waals surface area contributed by atoms with E-state index in [-0.39, 0.29) is 6.29 Å². The molecule has 102 valence electrons. The van der Waals surface area contributed by atoms with Crippen molar-refractivity contribution in [2.24, 2.45) is 17.6 Å². The van der Waals surface area contributed by atoms with Gasteiger partial charge >= 0.3 is 0 Å². The Hall–Kier alpha value is -0.160. The largest absolute Gasteiger partial charge is 0.376 e. The van der Waals surface area contributed by atoms with Crippen LogP contribution in [0.5, 0.6) is 0 Å². The summed E-state index contributed by atoms with van der Waals surface area (Å²) in [4.78, 5) is 0. The maximum atomic E-state index is 5.75. The van der Waals surface area contributed by atoms with Gasteiger partial charge in [0.05, 0.1) is 6.61 Å². The Morgan fingerprint density at radius 1 is 1.12 bits per heavy atom. The van der Waals surface area contributed by atoms with Gasteiger partial charge in [-0.15, -0.1) is 0 Å². The topological polar surface area (TPSA) is 53.7 Å². The van der Waals surface area contributed by atoms with E-state index in [2.05, 4.69) is 0 Å². The number of hydrogen-bond donors (Lipinski definition) is 1. The molecular weight excluding hydrogens is 218 g/mol. The van der Waals surface area contributed by atoms with E-state index < -0.39 is 0 Å². The third kappa shape index (κ3) is 5.34. The van der Waals surface area contributed by atoms with Gasteiger partial charge in [-0.1, -0.05) is 6.42 Å². The second kappa shape index (κ2) is 8.86. The highest BCUT2D eigenvalue weighted by molar-refractivity contribution is 4.77. The van der Waals surface area contributed by atoms with E-state index in [0.717, 1.165) is 13.2 Å². The van der Waals surface area contributed by atoms with Gasteiger partial charge < -0.3 is 19.9 Å². The van der Waals surface area contributed by atoms with Crippen LogP contribution in [0.2, 0.25) is 0 Å². The Labute approximate surface area is 105 Å². The van der Waals surface area contributed by atoms with Crippen LogP contribution in [0.3, 0.4) is 0 Å². The SMILES string of the molecule is CCOC(COCC1CCCC1CN)OCC. The lowest BCUT2D eigenvalue weighted by Gasteiger charge is -2.21. The van der Waals surface area contributed by atoms with E-state index in [4.69, 9.17) is 19.9 Å². The van der Waals surface area contributed by atoms with Gasteiger partial charge in [0.2, 0.25) is 0 Å². The monoisotopic (exact) mass is 245 g/mol. The zero-order valence-corrected chi connectivity index (χ0v) is 11.2. The van der Waals surface area contributed by atoms with E-state index >= 15 is 0 Å². The van der Waals surface area contributed by atoms with Gasteiger partial charge in [0.1, 0.15) is 0 Å². The number of nitrogens with two attached hydrogens (primary N) is 1. The first-order valence-electron chi connectivity index (χ1n) is 6.82. The minimum atomic E-state index is -0.220. The molecule has 2 N–H and O–H groups in total. The molecule has 4 nitrogen and oxygen atoms in total. The minimum Gasteiger partial charge on any atom is -0.376 e. The molecule has 1 fully saturated rings. The molecule has 1 aliphatic carbocycles. The van der Waals surface area contributed by atoms with Crippen molar-refractivity contribution < 1.29 is 14.2 Å². The number of hydrogen-bond acceptors (Lipinski definition) is 4. The van der Waals surface area contributed by atoms with Crippen LogP contribution in [0, 0.1) is 11.8 Å². The van der Waals surface area contributed by atoms with Gasteiger partial charge in [-0.25, -0.2) is 0 Å². The molecule has 0 saturated heterocycles. The molecule has 4 heteroatoms. The first-order chi connectivity index (χ1) is 8.31. The van der Waals surface area contributed by atoms with Crippen LogP contribution in [0.15, 0.2) is 0 Å². The van der Waals surface area contributed by atoms with Crippen LogP contribution in [0.4, 0.5) is 0 Å².